The number of rotatable bonds is 2. The van der Waals surface area contributed by atoms with Crippen molar-refractivity contribution in [2.24, 2.45) is 28.9 Å². The second kappa shape index (κ2) is 4.21. The van der Waals surface area contributed by atoms with Gasteiger partial charge in [-0.2, -0.15) is 0 Å². The van der Waals surface area contributed by atoms with Crippen molar-refractivity contribution in [3.63, 3.8) is 0 Å². The summed E-state index contributed by atoms with van der Waals surface area (Å²) in [5.74, 6) is 2.64. The minimum absolute atomic E-state index is 0.0643. The van der Waals surface area contributed by atoms with Crippen LogP contribution < -0.4 is 11.1 Å². The molecule has 0 saturated heterocycles. The Morgan fingerprint density at radius 1 is 1.11 bits per heavy atom. The fourth-order valence-electron chi connectivity index (χ4n) is 5.00. The van der Waals surface area contributed by atoms with Gasteiger partial charge in [0.15, 0.2) is 0 Å². The first-order valence-electron chi connectivity index (χ1n) is 7.85. The van der Waals surface area contributed by atoms with Crippen molar-refractivity contribution in [3.8, 4) is 0 Å². The third-order valence-corrected chi connectivity index (χ3v) is 5.64. The van der Waals surface area contributed by atoms with E-state index in [4.69, 9.17) is 5.73 Å². The van der Waals surface area contributed by atoms with Crippen molar-refractivity contribution < 1.29 is 4.79 Å². The maximum absolute atomic E-state index is 12.4. The lowest BCUT2D eigenvalue weighted by Gasteiger charge is -2.57. The van der Waals surface area contributed by atoms with Gasteiger partial charge in [0.25, 0.3) is 0 Å². The molecule has 1 atom stereocenters. The standard InChI is InChI=1S/C16H28N2O/c1-15(2,3)13(17)14(19)18-16-7-10-4-11(8-16)6-12(5-10)9-16/h10-13H,4-9,17H2,1-3H3,(H,18,19)/t10?,11?,12?,13-,16?/m1/s1. The van der Waals surface area contributed by atoms with Crippen LogP contribution in [0.1, 0.15) is 59.3 Å². The molecule has 4 rings (SSSR count). The lowest BCUT2D eigenvalue weighted by molar-refractivity contribution is -0.130. The van der Waals surface area contributed by atoms with Gasteiger partial charge in [0.1, 0.15) is 0 Å². The lowest BCUT2D eigenvalue weighted by Crippen LogP contribution is -2.63. The van der Waals surface area contributed by atoms with E-state index in [-0.39, 0.29) is 16.9 Å². The van der Waals surface area contributed by atoms with Crippen LogP contribution in [0.2, 0.25) is 0 Å². The highest BCUT2D eigenvalue weighted by molar-refractivity contribution is 5.83. The number of nitrogens with one attached hydrogen (secondary N) is 1. The van der Waals surface area contributed by atoms with Crippen LogP contribution in [0, 0.1) is 23.2 Å². The van der Waals surface area contributed by atoms with Gasteiger partial charge in [-0.15, -0.1) is 0 Å². The topological polar surface area (TPSA) is 55.1 Å². The van der Waals surface area contributed by atoms with Crippen LogP contribution >= 0.6 is 0 Å². The molecule has 108 valence electrons. The van der Waals surface area contributed by atoms with E-state index in [1.165, 1.54) is 38.5 Å². The molecule has 0 aliphatic heterocycles. The Balaban J connectivity index is 1.71. The van der Waals surface area contributed by atoms with Gasteiger partial charge in [0.05, 0.1) is 6.04 Å². The van der Waals surface area contributed by atoms with E-state index in [9.17, 15) is 4.79 Å². The summed E-state index contributed by atoms with van der Waals surface area (Å²) in [5, 5.41) is 3.37. The Kier molecular flexibility index (Phi) is 2.97. The van der Waals surface area contributed by atoms with Crippen LogP contribution in [0.5, 0.6) is 0 Å². The van der Waals surface area contributed by atoms with Gasteiger partial charge < -0.3 is 11.1 Å². The smallest absolute Gasteiger partial charge is 0.237 e. The molecule has 0 spiro atoms. The number of hydrogen-bond acceptors (Lipinski definition) is 2. The summed E-state index contributed by atoms with van der Waals surface area (Å²) in [4.78, 5) is 12.4. The van der Waals surface area contributed by atoms with Gasteiger partial charge in [-0.25, -0.2) is 0 Å². The molecule has 3 nitrogen and oxygen atoms in total. The first-order chi connectivity index (χ1) is 8.77. The van der Waals surface area contributed by atoms with E-state index >= 15 is 0 Å². The number of carbonyl (C=O) groups excluding carboxylic acids is 1. The van der Waals surface area contributed by atoms with Crippen LogP contribution in [0.25, 0.3) is 0 Å². The van der Waals surface area contributed by atoms with Crippen molar-refractivity contribution in [1.82, 2.24) is 5.32 Å². The Hall–Kier alpha value is -0.570. The summed E-state index contributed by atoms with van der Waals surface area (Å²) in [6.45, 7) is 6.12. The lowest BCUT2D eigenvalue weighted by atomic mass is 9.53. The van der Waals surface area contributed by atoms with Crippen molar-refractivity contribution >= 4 is 5.91 Å². The second-order valence-corrected chi connectivity index (χ2v) is 8.53. The van der Waals surface area contributed by atoms with E-state index < -0.39 is 6.04 Å². The van der Waals surface area contributed by atoms with E-state index in [1.54, 1.807) is 0 Å². The summed E-state index contributed by atoms with van der Waals surface area (Å²) in [5.41, 5.74) is 6.04. The highest BCUT2D eigenvalue weighted by Crippen LogP contribution is 2.55. The molecule has 3 N–H and O–H groups in total. The van der Waals surface area contributed by atoms with Crippen molar-refractivity contribution in [1.29, 1.82) is 0 Å². The quantitative estimate of drug-likeness (QED) is 0.805. The molecular formula is C16H28N2O. The number of amides is 1. The molecular weight excluding hydrogens is 236 g/mol. The predicted octanol–water partition coefficient (Wildman–Crippen LogP) is 2.44. The number of hydrogen-bond donors (Lipinski definition) is 2. The van der Waals surface area contributed by atoms with Crippen molar-refractivity contribution in [2.75, 3.05) is 0 Å². The molecule has 0 aromatic heterocycles. The number of carbonyl (C=O) groups is 1. The fourth-order valence-corrected chi connectivity index (χ4v) is 5.00. The molecule has 3 heteroatoms. The van der Waals surface area contributed by atoms with Gasteiger partial charge >= 0.3 is 0 Å². The molecule has 0 heterocycles. The summed E-state index contributed by atoms with van der Waals surface area (Å²) in [7, 11) is 0. The fraction of sp³-hybridized carbons (Fsp3) is 0.938. The molecule has 0 radical (unpaired) electrons. The minimum atomic E-state index is -0.402. The first kappa shape index (κ1) is 13.4. The molecule has 4 bridgehead atoms. The third-order valence-electron chi connectivity index (χ3n) is 5.64. The van der Waals surface area contributed by atoms with E-state index in [0.717, 1.165) is 17.8 Å². The van der Waals surface area contributed by atoms with Crippen molar-refractivity contribution in [3.05, 3.63) is 0 Å². The average Bonchev–Trinajstić information content (AvgIpc) is 2.23. The molecule has 0 aromatic rings. The summed E-state index contributed by atoms with van der Waals surface area (Å²) < 4.78 is 0. The van der Waals surface area contributed by atoms with E-state index in [0.29, 0.717) is 0 Å². The second-order valence-electron chi connectivity index (χ2n) is 8.53. The van der Waals surface area contributed by atoms with Crippen LogP contribution in [0.3, 0.4) is 0 Å². The van der Waals surface area contributed by atoms with Gasteiger partial charge in [-0.1, -0.05) is 20.8 Å². The largest absolute Gasteiger partial charge is 0.349 e. The Morgan fingerprint density at radius 3 is 1.89 bits per heavy atom. The summed E-state index contributed by atoms with van der Waals surface area (Å²) in [6, 6.07) is -0.402. The van der Waals surface area contributed by atoms with Gasteiger partial charge in [-0.3, -0.25) is 4.79 Å². The van der Waals surface area contributed by atoms with Gasteiger partial charge in [-0.05, 0) is 61.7 Å². The van der Waals surface area contributed by atoms with Crippen LogP contribution in [-0.2, 0) is 4.79 Å². The SMILES string of the molecule is CC(C)(C)[C@H](N)C(=O)NC12CC3CC(CC(C3)C1)C2. The zero-order valence-electron chi connectivity index (χ0n) is 12.5. The maximum atomic E-state index is 12.4. The van der Waals surface area contributed by atoms with Crippen LogP contribution in [0.15, 0.2) is 0 Å². The highest BCUT2D eigenvalue weighted by Gasteiger charge is 2.52. The number of nitrogens with two attached hydrogens (primary N) is 1. The third kappa shape index (κ3) is 2.42. The molecule has 4 aliphatic rings. The van der Waals surface area contributed by atoms with Gasteiger partial charge in [0, 0.05) is 5.54 Å². The zero-order chi connectivity index (χ0) is 13.8. The summed E-state index contributed by atoms with van der Waals surface area (Å²) >= 11 is 0. The van der Waals surface area contributed by atoms with E-state index in [2.05, 4.69) is 5.32 Å². The molecule has 0 unspecified atom stereocenters. The monoisotopic (exact) mass is 264 g/mol. The zero-order valence-corrected chi connectivity index (χ0v) is 12.5. The van der Waals surface area contributed by atoms with Crippen molar-refractivity contribution in [2.45, 2.75) is 70.9 Å². The Bertz CT molecular complexity index is 347. The molecule has 0 aromatic carbocycles. The molecule has 19 heavy (non-hydrogen) atoms. The maximum Gasteiger partial charge on any atom is 0.237 e. The average molecular weight is 264 g/mol. The normalized spacial score (nSPS) is 42.2. The summed E-state index contributed by atoms with van der Waals surface area (Å²) in [6.07, 6.45) is 7.80. The predicted molar refractivity (Wildman–Crippen MR) is 76.5 cm³/mol. The molecule has 4 aliphatic carbocycles. The first-order valence-corrected chi connectivity index (χ1v) is 7.85. The van der Waals surface area contributed by atoms with Crippen LogP contribution in [0.4, 0.5) is 0 Å². The minimum Gasteiger partial charge on any atom is -0.349 e. The Morgan fingerprint density at radius 2 is 1.53 bits per heavy atom. The molecule has 1 amide bonds. The molecule has 4 fully saturated rings. The van der Waals surface area contributed by atoms with Crippen LogP contribution in [-0.4, -0.2) is 17.5 Å². The highest BCUT2D eigenvalue weighted by atomic mass is 16.2. The molecule has 4 saturated carbocycles. The van der Waals surface area contributed by atoms with E-state index in [1.807, 2.05) is 20.8 Å². The van der Waals surface area contributed by atoms with Gasteiger partial charge in [0.2, 0.25) is 5.91 Å². The Labute approximate surface area is 116 Å².